The first kappa shape index (κ1) is 23.2. The Labute approximate surface area is 228 Å². The molecule has 39 heavy (non-hydrogen) atoms. The van der Waals surface area contributed by atoms with Gasteiger partial charge in [-0.05, 0) is 65.4 Å². The topological polar surface area (TPSA) is 17.8 Å². The van der Waals surface area contributed by atoms with Crippen molar-refractivity contribution >= 4 is 21.8 Å². The Morgan fingerprint density at radius 1 is 0.564 bits per heavy atom. The molecule has 2 nitrogen and oxygen atoms in total. The van der Waals surface area contributed by atoms with E-state index in [0.29, 0.717) is 0 Å². The van der Waals surface area contributed by atoms with Gasteiger partial charge in [-0.1, -0.05) is 109 Å². The van der Waals surface area contributed by atoms with E-state index < -0.39 is 0 Å². The minimum Gasteiger partial charge on any atom is -0.309 e. The smallest absolute Gasteiger partial charge is 0.0805 e. The number of fused-ring (bicyclic) bond motifs is 3. The predicted molar refractivity (Wildman–Crippen MR) is 163 cm³/mol. The van der Waals surface area contributed by atoms with Crippen LogP contribution >= 0.6 is 0 Å². The molecule has 5 aromatic carbocycles. The van der Waals surface area contributed by atoms with Crippen molar-refractivity contribution < 1.29 is 0 Å². The summed E-state index contributed by atoms with van der Waals surface area (Å²) in [6.07, 6.45) is 2.85. The fourth-order valence-electron chi connectivity index (χ4n) is 5.91. The van der Waals surface area contributed by atoms with E-state index in [9.17, 15) is 0 Å². The summed E-state index contributed by atoms with van der Waals surface area (Å²) in [4.78, 5) is 5.01. The molecular weight excluding hydrogens is 472 g/mol. The molecule has 0 unspecified atom stereocenters. The molecule has 0 atom stereocenters. The fraction of sp³-hybridized carbons (Fsp3) is 0.0541. The average molecular weight is 501 g/mol. The van der Waals surface area contributed by atoms with Gasteiger partial charge in [0.25, 0.3) is 0 Å². The van der Waals surface area contributed by atoms with Gasteiger partial charge in [-0.3, -0.25) is 4.98 Å². The Bertz CT molecular complexity index is 1930. The molecule has 0 radical (unpaired) electrons. The first-order valence-electron chi connectivity index (χ1n) is 13.5. The lowest BCUT2D eigenvalue weighted by molar-refractivity contribution is 1.17. The van der Waals surface area contributed by atoms with E-state index >= 15 is 0 Å². The Kier molecular flexibility index (Phi) is 5.79. The highest BCUT2D eigenvalue weighted by Crippen LogP contribution is 2.40. The molecule has 2 heterocycles. The van der Waals surface area contributed by atoms with E-state index in [1.54, 1.807) is 0 Å². The minimum atomic E-state index is 0.902. The van der Waals surface area contributed by atoms with Crippen LogP contribution < -0.4 is 0 Å². The van der Waals surface area contributed by atoms with Crippen LogP contribution in [0.2, 0.25) is 0 Å². The Hall–Kier alpha value is -4.95. The van der Waals surface area contributed by atoms with Gasteiger partial charge in [0.05, 0.1) is 16.7 Å². The second-order valence-corrected chi connectivity index (χ2v) is 10.0. The highest BCUT2D eigenvalue weighted by atomic mass is 15.0. The summed E-state index contributed by atoms with van der Waals surface area (Å²) < 4.78 is 2.35. The summed E-state index contributed by atoms with van der Waals surface area (Å²) >= 11 is 0. The Balaban J connectivity index is 1.44. The van der Waals surface area contributed by atoms with Crippen molar-refractivity contribution in [3.63, 3.8) is 0 Å². The number of hydrogen-bond acceptors (Lipinski definition) is 1. The number of aromatic nitrogens is 2. The van der Waals surface area contributed by atoms with Crippen molar-refractivity contribution in [1.82, 2.24) is 9.55 Å². The third-order valence-electron chi connectivity index (χ3n) is 7.73. The molecule has 0 saturated heterocycles. The van der Waals surface area contributed by atoms with Crippen LogP contribution in [0, 0.1) is 6.92 Å². The van der Waals surface area contributed by atoms with E-state index in [2.05, 4.69) is 145 Å². The monoisotopic (exact) mass is 500 g/mol. The molecule has 0 spiro atoms. The Morgan fingerprint density at radius 2 is 1.23 bits per heavy atom. The summed E-state index contributed by atoms with van der Waals surface area (Å²) in [5, 5.41) is 2.41. The summed E-state index contributed by atoms with van der Waals surface area (Å²) in [6.45, 7) is 2.24. The average Bonchev–Trinajstić information content (AvgIpc) is 3.33. The lowest BCUT2D eigenvalue weighted by atomic mass is 9.89. The molecule has 0 aliphatic rings. The van der Waals surface area contributed by atoms with E-state index in [4.69, 9.17) is 4.98 Å². The number of nitrogens with zero attached hydrogens (tertiary/aromatic N) is 2. The van der Waals surface area contributed by atoms with Gasteiger partial charge in [-0.25, -0.2) is 0 Å². The quantitative estimate of drug-likeness (QED) is 0.230. The zero-order chi connectivity index (χ0) is 26.2. The van der Waals surface area contributed by atoms with Crippen LogP contribution in [0.4, 0.5) is 0 Å². The number of para-hydroxylation sites is 2. The van der Waals surface area contributed by atoms with Gasteiger partial charge >= 0.3 is 0 Å². The normalized spacial score (nSPS) is 11.3. The first-order valence-corrected chi connectivity index (χ1v) is 13.5. The van der Waals surface area contributed by atoms with E-state index in [1.165, 1.54) is 55.2 Å². The van der Waals surface area contributed by atoms with Gasteiger partial charge in [0, 0.05) is 28.2 Å². The first-order chi connectivity index (χ1) is 19.3. The van der Waals surface area contributed by atoms with Crippen LogP contribution in [0.5, 0.6) is 0 Å². The number of pyridine rings is 1. The molecule has 2 heteroatoms. The Morgan fingerprint density at radius 3 is 2.08 bits per heavy atom. The van der Waals surface area contributed by atoms with Crippen LogP contribution in [0.15, 0.2) is 140 Å². The number of hydrogen-bond donors (Lipinski definition) is 0. The van der Waals surface area contributed by atoms with Gasteiger partial charge in [0.15, 0.2) is 0 Å². The van der Waals surface area contributed by atoms with Gasteiger partial charge < -0.3 is 4.57 Å². The molecule has 2 aromatic heterocycles. The van der Waals surface area contributed by atoms with Gasteiger partial charge in [0.1, 0.15) is 0 Å². The van der Waals surface area contributed by atoms with Gasteiger partial charge in [0.2, 0.25) is 0 Å². The molecular formula is C37H28N2. The van der Waals surface area contributed by atoms with Crippen molar-refractivity contribution in [1.29, 1.82) is 0 Å². The van der Waals surface area contributed by atoms with Crippen molar-refractivity contribution in [3.8, 4) is 28.1 Å². The third kappa shape index (κ3) is 4.02. The lowest BCUT2D eigenvalue weighted by Crippen LogP contribution is -1.96. The van der Waals surface area contributed by atoms with Crippen LogP contribution in [-0.2, 0) is 6.42 Å². The summed E-state index contributed by atoms with van der Waals surface area (Å²) in [5.74, 6) is 0. The van der Waals surface area contributed by atoms with E-state index in [0.717, 1.165) is 17.8 Å². The molecule has 0 amide bonds. The van der Waals surface area contributed by atoms with Gasteiger partial charge in [-0.2, -0.15) is 0 Å². The maximum absolute atomic E-state index is 5.01. The molecule has 0 N–H and O–H groups in total. The third-order valence-corrected chi connectivity index (χ3v) is 7.73. The van der Waals surface area contributed by atoms with Crippen molar-refractivity contribution in [2.24, 2.45) is 0 Å². The summed E-state index contributed by atoms with van der Waals surface area (Å²) in [5.41, 5.74) is 12.1. The van der Waals surface area contributed by atoms with Gasteiger partial charge in [-0.15, -0.1) is 0 Å². The van der Waals surface area contributed by atoms with Crippen LogP contribution in [-0.4, -0.2) is 9.55 Å². The highest BCUT2D eigenvalue weighted by Gasteiger charge is 2.19. The lowest BCUT2D eigenvalue weighted by Gasteiger charge is -2.16. The van der Waals surface area contributed by atoms with Crippen molar-refractivity contribution in [2.45, 2.75) is 13.3 Å². The summed E-state index contributed by atoms with van der Waals surface area (Å²) in [7, 11) is 0. The molecule has 0 saturated carbocycles. The predicted octanol–water partition coefficient (Wildman–Crippen LogP) is 9.41. The highest BCUT2D eigenvalue weighted by molar-refractivity contribution is 6.15. The fourth-order valence-corrected chi connectivity index (χ4v) is 5.91. The zero-order valence-corrected chi connectivity index (χ0v) is 21.9. The second kappa shape index (κ2) is 9.74. The largest absolute Gasteiger partial charge is 0.309 e. The number of benzene rings is 5. The van der Waals surface area contributed by atoms with Crippen molar-refractivity contribution in [3.05, 3.63) is 156 Å². The molecule has 0 fully saturated rings. The second-order valence-electron chi connectivity index (χ2n) is 10.0. The summed E-state index contributed by atoms with van der Waals surface area (Å²) in [6, 6.07) is 47.5. The van der Waals surface area contributed by atoms with Crippen LogP contribution in [0.25, 0.3) is 49.9 Å². The standard InChI is InChI=1S/C37H28N2/c1-26-30(32-18-9-8-15-28(32)25-27-13-4-2-5-14-27)20-12-21-31(26)37-36-33-19-10-11-22-34(33)39(35(36)23-24-38-37)29-16-6-3-7-17-29/h2-24H,25H2,1H3. The zero-order valence-electron chi connectivity index (χ0n) is 21.9. The maximum atomic E-state index is 5.01. The molecule has 7 aromatic rings. The molecule has 0 bridgehead atoms. The van der Waals surface area contributed by atoms with E-state index in [1.807, 2.05) is 6.20 Å². The molecule has 7 rings (SSSR count). The minimum absolute atomic E-state index is 0.902. The van der Waals surface area contributed by atoms with Crippen LogP contribution in [0.3, 0.4) is 0 Å². The molecule has 186 valence electrons. The van der Waals surface area contributed by atoms with E-state index in [-0.39, 0.29) is 0 Å². The van der Waals surface area contributed by atoms with Crippen LogP contribution in [0.1, 0.15) is 16.7 Å². The number of rotatable bonds is 5. The maximum Gasteiger partial charge on any atom is 0.0805 e. The molecule has 0 aliphatic heterocycles. The molecule has 0 aliphatic carbocycles. The van der Waals surface area contributed by atoms with Crippen molar-refractivity contribution in [2.75, 3.05) is 0 Å². The SMILES string of the molecule is Cc1c(-c2ccccc2Cc2ccccc2)cccc1-c1nccc2c1c1ccccc1n2-c1ccccc1.